The molecule has 6 aromatic carbocycles. The molecule has 0 spiro atoms. The molecule has 648 valence electrons. The average Bonchev–Trinajstić information content (AvgIpc) is 0.509. The number of amides is 3. The second-order valence-electron chi connectivity index (χ2n) is 32.3. The summed E-state index contributed by atoms with van der Waals surface area (Å²) < 4.78 is 0. The van der Waals surface area contributed by atoms with Crippen LogP contribution in [0.15, 0.2) is 226 Å². The molecule has 0 radical (unpaired) electrons. The van der Waals surface area contributed by atoms with Crippen LogP contribution in [0.4, 0.5) is 52.0 Å². The fourth-order valence-corrected chi connectivity index (χ4v) is 15.0. The first kappa shape index (κ1) is 90.2. The molecule has 3 amide bonds. The second kappa shape index (κ2) is 46.3. The van der Waals surface area contributed by atoms with Crippen LogP contribution in [-0.4, -0.2) is 211 Å². The molecule has 12 N–H and O–H groups in total. The van der Waals surface area contributed by atoms with Gasteiger partial charge in [-0.25, -0.2) is 29.9 Å². The number of piperazine rings is 3. The minimum Gasteiger partial charge on any atom is -0.330 e. The average molecular weight is 1680 g/mol. The summed E-state index contributed by atoms with van der Waals surface area (Å²) in [5.41, 5.74) is 37.6. The summed E-state index contributed by atoms with van der Waals surface area (Å²) in [6.45, 7) is 25.0. The third kappa shape index (κ3) is 27.5. The zero-order valence-corrected chi connectivity index (χ0v) is 72.6. The zero-order chi connectivity index (χ0) is 87.1. The van der Waals surface area contributed by atoms with E-state index < -0.39 is 0 Å². The van der Waals surface area contributed by atoms with E-state index in [0.717, 1.165) is 229 Å². The van der Waals surface area contributed by atoms with E-state index in [-0.39, 0.29) is 17.7 Å². The largest absolute Gasteiger partial charge is 0.330 e. The highest BCUT2D eigenvalue weighted by atomic mass is 16.2. The van der Waals surface area contributed by atoms with Crippen molar-refractivity contribution in [2.24, 2.45) is 17.2 Å². The molecular weight excluding hydrogens is 1560 g/mol. The van der Waals surface area contributed by atoms with Gasteiger partial charge in [0.1, 0.15) is 0 Å². The molecule has 125 heavy (non-hydrogen) atoms. The lowest BCUT2D eigenvalue weighted by molar-refractivity contribution is 0.101. The summed E-state index contributed by atoms with van der Waals surface area (Å²) in [5, 5.41) is 19.0. The quantitative estimate of drug-likeness (QED) is 0.0173. The molecule has 6 aromatic heterocycles. The first-order chi connectivity index (χ1) is 61.0. The number of benzene rings is 6. The summed E-state index contributed by atoms with van der Waals surface area (Å²) in [4.78, 5) is 94.0. The zero-order valence-electron chi connectivity index (χ0n) is 72.6. The molecule has 3 fully saturated rings. The number of aromatic nitrogens is 9. The van der Waals surface area contributed by atoms with Crippen molar-refractivity contribution in [2.45, 2.75) is 91.8 Å². The standard InChI is InChI=1S/2C33H40N8O.C32H38N8O/c1-24-6-11-28(37-32(42)27-9-7-25(8-10-27)23-41-19-17-40(2)18-20-41)21-31(24)39-33-36-16-13-30(38-33)29-22-35-15-12-26(29)5-3-4-14-34;1-24-6-11-29(37-32(42)27-9-7-25(8-10-27)23-41-17-15-40(2)16-18-41)20-31(24)39-33-36-14-12-30(38-33)28-19-26(21-35-22-28)5-3-4-13-34;1-24-6-11-28(21-30(24)38-32-35-15-12-29(37-32)27-5-4-14-34-22-27)36-31(41)26-9-7-25(8-10-26)23-40-19-17-39(18-20-40)16-3-2-13-33/h6-13,15-16,21-22H,3-5,14,17-20,23,34H2,1-2H3,(H,37,42)(H,36,38,39);6-12,14,19-22H,3-5,13,15-18,23,34H2,1-2H3,(H,37,42)(H,36,38,39);4-12,14-15,21-22H,2-3,13,16-20,23,33H2,1H3,(H,36,41)(H,35,37,38). The van der Waals surface area contributed by atoms with E-state index in [1.165, 1.54) is 28.7 Å². The van der Waals surface area contributed by atoms with Gasteiger partial charge in [-0.3, -0.25) is 44.0 Å². The van der Waals surface area contributed by atoms with Crippen LogP contribution < -0.4 is 49.1 Å². The van der Waals surface area contributed by atoms with Crippen molar-refractivity contribution in [3.8, 4) is 33.8 Å². The van der Waals surface area contributed by atoms with Gasteiger partial charge >= 0.3 is 0 Å². The molecule has 12 aromatic rings. The SMILES string of the molecule is Cc1ccc(NC(=O)c2ccc(CN3CCN(C)CC3)cc2)cc1Nc1nccc(-c2cncc(CCCCN)c2)n1.Cc1ccc(NC(=O)c2ccc(CN3CCN(C)CC3)cc2)cc1Nc1nccc(-c2cnccc2CCCCN)n1.Cc1ccc(NC(=O)c2ccc(CN3CCN(CCCCN)CC3)cc2)cc1Nc1nccc(-c2cccnc2)n1. The number of nitrogens with two attached hydrogens (primary N) is 3. The number of likely N-dealkylation sites (N-methyl/N-ethyl adjacent to an activating group) is 2. The van der Waals surface area contributed by atoms with Crippen molar-refractivity contribution in [1.29, 1.82) is 0 Å². The van der Waals surface area contributed by atoms with E-state index in [4.69, 9.17) is 27.2 Å². The van der Waals surface area contributed by atoms with Gasteiger partial charge in [0, 0.05) is 221 Å². The predicted octanol–water partition coefficient (Wildman–Crippen LogP) is 14.4. The van der Waals surface area contributed by atoms with E-state index in [2.05, 4.69) is 128 Å². The number of rotatable bonds is 33. The van der Waals surface area contributed by atoms with Crippen LogP contribution in [0.2, 0.25) is 0 Å². The summed E-state index contributed by atoms with van der Waals surface area (Å²) in [6.07, 6.45) is 24.2. The summed E-state index contributed by atoms with van der Waals surface area (Å²) in [7, 11) is 4.32. The number of nitrogens with one attached hydrogen (secondary N) is 6. The Morgan fingerprint density at radius 3 is 1.18 bits per heavy atom. The normalized spacial score (nSPS) is 14.1. The van der Waals surface area contributed by atoms with Crippen molar-refractivity contribution in [2.75, 3.05) is 151 Å². The molecule has 9 heterocycles. The van der Waals surface area contributed by atoms with Gasteiger partial charge in [0.15, 0.2) is 0 Å². The van der Waals surface area contributed by atoms with Gasteiger partial charge in [-0.05, 0) is 272 Å². The highest BCUT2D eigenvalue weighted by Gasteiger charge is 2.22. The van der Waals surface area contributed by atoms with E-state index in [1.54, 1.807) is 31.0 Å². The topological polar surface area (TPSA) is 337 Å². The Labute approximate surface area is 734 Å². The molecule has 3 aliphatic rings. The Morgan fingerprint density at radius 1 is 0.352 bits per heavy atom. The van der Waals surface area contributed by atoms with Gasteiger partial charge in [-0.15, -0.1) is 0 Å². The van der Waals surface area contributed by atoms with Crippen LogP contribution in [0.3, 0.4) is 0 Å². The minimum absolute atomic E-state index is 0.145. The molecule has 0 saturated carbocycles. The second-order valence-corrected chi connectivity index (χ2v) is 32.3. The predicted molar refractivity (Wildman–Crippen MR) is 502 cm³/mol. The lowest BCUT2D eigenvalue weighted by Gasteiger charge is -2.34. The lowest BCUT2D eigenvalue weighted by atomic mass is 10.0. The number of unbranched alkanes of at least 4 members (excludes halogenated alkanes) is 3. The third-order valence-corrected chi connectivity index (χ3v) is 22.7. The molecule has 27 heteroatoms. The fraction of sp³-hybridized carbons (Fsp3) is 0.327. The fourth-order valence-electron chi connectivity index (χ4n) is 15.0. The van der Waals surface area contributed by atoms with Gasteiger partial charge in [-0.2, -0.15) is 0 Å². The van der Waals surface area contributed by atoms with Crippen molar-refractivity contribution in [3.63, 3.8) is 0 Å². The van der Waals surface area contributed by atoms with Crippen LogP contribution in [-0.2, 0) is 32.5 Å². The van der Waals surface area contributed by atoms with Gasteiger partial charge < -0.3 is 63.8 Å². The van der Waals surface area contributed by atoms with Gasteiger partial charge in [-0.1, -0.05) is 54.6 Å². The molecule has 0 atom stereocenters. The smallest absolute Gasteiger partial charge is 0.255 e. The van der Waals surface area contributed by atoms with Gasteiger partial charge in [0.25, 0.3) is 17.7 Å². The Bertz CT molecular complexity index is 5450. The van der Waals surface area contributed by atoms with Gasteiger partial charge in [0.2, 0.25) is 17.8 Å². The molecule has 0 unspecified atom stereocenters. The van der Waals surface area contributed by atoms with Crippen LogP contribution in [0.5, 0.6) is 0 Å². The number of hydrogen-bond acceptors (Lipinski definition) is 24. The highest BCUT2D eigenvalue weighted by molar-refractivity contribution is 6.06. The lowest BCUT2D eigenvalue weighted by Crippen LogP contribution is -2.46. The van der Waals surface area contributed by atoms with Crippen molar-refractivity contribution >= 4 is 69.7 Å². The summed E-state index contributed by atoms with van der Waals surface area (Å²) >= 11 is 0. The Kier molecular flexibility index (Phi) is 33.4. The monoisotopic (exact) mass is 1680 g/mol. The highest BCUT2D eigenvalue weighted by Crippen LogP contribution is 2.31. The van der Waals surface area contributed by atoms with E-state index in [9.17, 15) is 14.4 Å². The molecule has 27 nitrogen and oxygen atoms in total. The van der Waals surface area contributed by atoms with Crippen molar-refractivity contribution < 1.29 is 14.4 Å². The number of aryl methyl sites for hydroxylation is 5. The van der Waals surface area contributed by atoms with Crippen LogP contribution in [0.1, 0.15) is 114 Å². The third-order valence-electron chi connectivity index (χ3n) is 22.7. The van der Waals surface area contributed by atoms with Crippen molar-refractivity contribution in [1.82, 2.24) is 74.3 Å². The van der Waals surface area contributed by atoms with Crippen LogP contribution >= 0.6 is 0 Å². The number of anilines is 9. The minimum atomic E-state index is -0.146. The maximum Gasteiger partial charge on any atom is 0.255 e. The van der Waals surface area contributed by atoms with Crippen LogP contribution in [0, 0.1) is 20.8 Å². The molecule has 0 aliphatic carbocycles. The number of pyridine rings is 3. The molecule has 0 bridgehead atoms. The summed E-state index contributed by atoms with van der Waals surface area (Å²) in [6, 6.07) is 54.6. The van der Waals surface area contributed by atoms with E-state index in [1.807, 2.05) is 197 Å². The Morgan fingerprint density at radius 2 is 0.744 bits per heavy atom. The van der Waals surface area contributed by atoms with E-state index in [0.29, 0.717) is 64.7 Å². The molecule has 15 rings (SSSR count). The van der Waals surface area contributed by atoms with Crippen molar-refractivity contribution in [3.05, 3.63) is 287 Å². The molecular formula is C98H118N24O3. The maximum absolute atomic E-state index is 13.0. The Hall–Kier alpha value is -12.5. The van der Waals surface area contributed by atoms with Gasteiger partial charge in [0.05, 0.1) is 17.1 Å². The number of carbonyl (C=O) groups is 3. The summed E-state index contributed by atoms with van der Waals surface area (Å²) in [5.74, 6) is 0.991. The van der Waals surface area contributed by atoms with Crippen LogP contribution in [0.25, 0.3) is 33.8 Å². The number of hydrogen-bond donors (Lipinski definition) is 9. The van der Waals surface area contributed by atoms with E-state index >= 15 is 0 Å². The number of nitrogens with zero attached hydrogens (tertiary/aromatic N) is 15. The first-order valence-corrected chi connectivity index (χ1v) is 43.5. The first-order valence-electron chi connectivity index (χ1n) is 43.5. The maximum atomic E-state index is 13.0. The molecule has 3 aliphatic heterocycles. The molecule has 3 saturated heterocycles. The number of carbonyl (C=O) groups excluding carboxylic acids is 3. The Balaban J connectivity index is 0.000000161.